The molecule has 3 fully saturated rings. The summed E-state index contributed by atoms with van der Waals surface area (Å²) in [6.45, 7) is 4.51. The van der Waals surface area contributed by atoms with Crippen LogP contribution >= 0.6 is 0 Å². The monoisotopic (exact) mass is 574 g/mol. The average Bonchev–Trinajstić information content (AvgIpc) is 3.40. The molecule has 42 heavy (non-hydrogen) atoms. The minimum Gasteiger partial charge on any atom is -0.385 e. The van der Waals surface area contributed by atoms with E-state index in [0.29, 0.717) is 18.0 Å². The summed E-state index contributed by atoms with van der Waals surface area (Å²) >= 11 is 0. The van der Waals surface area contributed by atoms with Crippen molar-refractivity contribution in [3.05, 3.63) is 23.4 Å². The number of rotatable bonds is 6. The molecule has 3 atom stereocenters. The lowest BCUT2D eigenvalue weighted by molar-refractivity contribution is -0.139. The summed E-state index contributed by atoms with van der Waals surface area (Å²) in [4.78, 5) is 41.9. The van der Waals surface area contributed by atoms with Gasteiger partial charge in [0.2, 0.25) is 5.91 Å². The van der Waals surface area contributed by atoms with Crippen LogP contribution in [0.2, 0.25) is 0 Å². The number of nitrogens with one attached hydrogen (secondary N) is 1. The number of piperidine rings is 1. The van der Waals surface area contributed by atoms with Crippen LogP contribution in [0.15, 0.2) is 12.1 Å². The molecule has 2 aromatic rings. The van der Waals surface area contributed by atoms with Crippen molar-refractivity contribution in [2.24, 2.45) is 11.3 Å². The molecule has 0 radical (unpaired) electrons. The molecular formula is C35H50N4O3. The van der Waals surface area contributed by atoms with Crippen LogP contribution in [0.4, 0.5) is 5.69 Å². The lowest BCUT2D eigenvalue weighted by Gasteiger charge is -2.26. The first-order valence-electron chi connectivity index (χ1n) is 17.0. The Hall–Kier alpha value is -2.70. The van der Waals surface area contributed by atoms with Crippen LogP contribution < -0.4 is 5.32 Å². The zero-order valence-corrected chi connectivity index (χ0v) is 25.9. The number of carbonyl (C=O) groups is 3. The van der Waals surface area contributed by atoms with Gasteiger partial charge in [-0.2, -0.15) is 5.10 Å². The van der Waals surface area contributed by atoms with Gasteiger partial charge in [-0.15, -0.1) is 0 Å². The average molecular weight is 575 g/mol. The van der Waals surface area contributed by atoms with E-state index in [1.807, 2.05) is 11.8 Å². The Labute approximate surface area is 251 Å². The fourth-order valence-corrected chi connectivity index (χ4v) is 8.47. The summed E-state index contributed by atoms with van der Waals surface area (Å²) in [5.74, 6) is 0.765. The zero-order valence-electron chi connectivity index (χ0n) is 25.9. The largest absolute Gasteiger partial charge is 0.385 e. The van der Waals surface area contributed by atoms with E-state index >= 15 is 0 Å². The molecule has 1 N–H and O–H groups in total. The van der Waals surface area contributed by atoms with Gasteiger partial charge in [0.05, 0.1) is 11.6 Å². The Morgan fingerprint density at radius 2 is 1.69 bits per heavy atom. The van der Waals surface area contributed by atoms with Crippen LogP contribution in [-0.2, 0) is 22.6 Å². The van der Waals surface area contributed by atoms with Gasteiger partial charge in [0.15, 0.2) is 11.6 Å². The summed E-state index contributed by atoms with van der Waals surface area (Å²) in [5.41, 5.74) is 3.70. The molecule has 0 spiro atoms. The van der Waals surface area contributed by atoms with Gasteiger partial charge in [-0.25, -0.2) is 0 Å². The molecule has 1 amide bonds. The minimum atomic E-state index is -0.315. The van der Waals surface area contributed by atoms with Crippen molar-refractivity contribution in [3.63, 3.8) is 0 Å². The van der Waals surface area contributed by atoms with Crippen LogP contribution in [0, 0.1) is 11.3 Å². The van der Waals surface area contributed by atoms with Gasteiger partial charge < -0.3 is 10.2 Å². The Balaban J connectivity index is 1.35. The number of ketones is 2. The molecule has 0 unspecified atom stereocenters. The maximum absolute atomic E-state index is 14.1. The fourth-order valence-electron chi connectivity index (χ4n) is 8.47. The highest BCUT2D eigenvalue weighted by Crippen LogP contribution is 2.62. The van der Waals surface area contributed by atoms with E-state index in [2.05, 4.69) is 17.4 Å². The number of hydrogen-bond donors (Lipinski definition) is 1. The van der Waals surface area contributed by atoms with Crippen molar-refractivity contribution in [2.45, 2.75) is 142 Å². The normalized spacial score (nSPS) is 27.5. The number of aromatic nitrogens is 2. The summed E-state index contributed by atoms with van der Waals surface area (Å²) < 4.78 is 1.79. The summed E-state index contributed by atoms with van der Waals surface area (Å²) in [5, 5.41) is 9.36. The van der Waals surface area contributed by atoms with Crippen molar-refractivity contribution < 1.29 is 14.4 Å². The molecule has 2 bridgehead atoms. The Morgan fingerprint density at radius 1 is 0.976 bits per heavy atom. The first-order chi connectivity index (χ1) is 20.4. The molecule has 7 heteroatoms. The molecule has 7 nitrogen and oxygen atoms in total. The lowest BCUT2D eigenvalue weighted by Crippen LogP contribution is -2.44. The van der Waals surface area contributed by atoms with Gasteiger partial charge in [0.25, 0.3) is 0 Å². The van der Waals surface area contributed by atoms with Gasteiger partial charge in [-0.05, 0) is 74.0 Å². The van der Waals surface area contributed by atoms with E-state index in [0.717, 1.165) is 55.2 Å². The number of benzene rings is 1. The van der Waals surface area contributed by atoms with Gasteiger partial charge in [-0.3, -0.25) is 19.1 Å². The van der Waals surface area contributed by atoms with Gasteiger partial charge in [0.1, 0.15) is 12.2 Å². The van der Waals surface area contributed by atoms with Crippen LogP contribution in [0.1, 0.15) is 133 Å². The van der Waals surface area contributed by atoms with Gasteiger partial charge >= 0.3 is 0 Å². The smallest absolute Gasteiger partial charge is 0.245 e. The summed E-state index contributed by atoms with van der Waals surface area (Å²) in [6, 6.07) is 4.19. The number of aryl methyl sites for hydroxylation is 1. The third kappa shape index (κ3) is 5.90. The number of nitrogens with zero attached hydrogens (tertiary/aromatic N) is 3. The number of hydrogen-bond acceptors (Lipinski definition) is 5. The molecule has 1 saturated heterocycles. The van der Waals surface area contributed by atoms with Crippen LogP contribution in [0.3, 0.4) is 0 Å². The number of Topliss-reactive ketones (excluding diaryl/α,β-unsaturated/α-hetero) is 2. The molecule has 2 aliphatic carbocycles. The van der Waals surface area contributed by atoms with Crippen molar-refractivity contribution in [1.82, 2.24) is 14.7 Å². The van der Waals surface area contributed by atoms with Crippen molar-refractivity contribution in [2.75, 3.05) is 11.9 Å². The maximum atomic E-state index is 14.1. The van der Waals surface area contributed by atoms with E-state index < -0.39 is 0 Å². The summed E-state index contributed by atoms with van der Waals surface area (Å²) in [7, 11) is 0. The first-order valence-corrected chi connectivity index (χ1v) is 17.0. The fraction of sp³-hybridized carbons (Fsp3) is 0.714. The van der Waals surface area contributed by atoms with Gasteiger partial charge in [0, 0.05) is 37.0 Å². The number of carbonyl (C=O) groups excluding carboxylic acids is 3. The van der Waals surface area contributed by atoms with Crippen molar-refractivity contribution in [3.8, 4) is 0 Å². The highest BCUT2D eigenvalue weighted by Gasteiger charge is 2.66. The minimum absolute atomic E-state index is 0.0274. The molecule has 2 aliphatic heterocycles. The van der Waals surface area contributed by atoms with Crippen molar-refractivity contribution in [1.29, 1.82) is 0 Å². The highest BCUT2D eigenvalue weighted by molar-refractivity contribution is 6.06. The lowest BCUT2D eigenvalue weighted by atomic mass is 9.89. The number of anilines is 1. The standard InChI is InChI=1S/C35H50N4O3/c1-3-30(41)29-20-35-17-13-8-6-4-5-7-12-16-26-18-27(36-22-25-14-10-9-11-15-25)19-28-33(24(2)40)37-38(34(26)28)23-32(42)39(29)31(35)21-35/h18-19,25,29,31,36H,3-17,20-23H2,1-2H3/t29-,31+,35-/m0/s1. The molecule has 228 valence electrons. The molecule has 2 saturated carbocycles. The Morgan fingerprint density at radius 3 is 2.43 bits per heavy atom. The van der Waals surface area contributed by atoms with E-state index in [1.165, 1.54) is 76.2 Å². The Bertz CT molecular complexity index is 1330. The second-order valence-electron chi connectivity index (χ2n) is 13.9. The first kappa shape index (κ1) is 29.4. The maximum Gasteiger partial charge on any atom is 0.245 e. The second-order valence-corrected chi connectivity index (χ2v) is 13.9. The summed E-state index contributed by atoms with van der Waals surface area (Å²) in [6.07, 6.45) is 19.3. The van der Waals surface area contributed by atoms with Crippen LogP contribution in [0.25, 0.3) is 10.9 Å². The molecule has 4 aliphatic rings. The number of amides is 1. The van der Waals surface area contributed by atoms with Crippen LogP contribution in [0.5, 0.6) is 0 Å². The third-order valence-electron chi connectivity index (χ3n) is 10.9. The second kappa shape index (κ2) is 12.5. The zero-order chi connectivity index (χ0) is 29.3. The van der Waals surface area contributed by atoms with E-state index in [9.17, 15) is 14.4 Å². The SMILES string of the molecule is CCC(=O)[C@@H]1C[C@]23CCCCCCCCCc4cc(NCC5CCCCC5)cc5c(C(C)=O)nn(c45)CC(=O)N1[C@@H]2C3. The molecule has 1 aromatic carbocycles. The predicted octanol–water partition coefficient (Wildman–Crippen LogP) is 7.25. The quantitative estimate of drug-likeness (QED) is 0.368. The van der Waals surface area contributed by atoms with E-state index in [-0.39, 0.29) is 41.5 Å². The Kier molecular flexibility index (Phi) is 8.74. The van der Waals surface area contributed by atoms with Crippen molar-refractivity contribution >= 4 is 34.1 Å². The predicted molar refractivity (Wildman–Crippen MR) is 167 cm³/mol. The highest BCUT2D eigenvalue weighted by atomic mass is 16.2. The van der Waals surface area contributed by atoms with Gasteiger partial charge in [-0.1, -0.05) is 64.7 Å². The third-order valence-corrected chi connectivity index (χ3v) is 10.9. The van der Waals surface area contributed by atoms with Crippen LogP contribution in [-0.4, -0.2) is 50.8 Å². The molecular weight excluding hydrogens is 524 g/mol. The molecule has 1 aromatic heterocycles. The molecule has 3 heterocycles. The van der Waals surface area contributed by atoms with E-state index in [4.69, 9.17) is 5.10 Å². The molecule has 6 rings (SSSR count). The van der Waals surface area contributed by atoms with E-state index in [1.54, 1.807) is 11.6 Å². The topological polar surface area (TPSA) is 84.3 Å².